The summed E-state index contributed by atoms with van der Waals surface area (Å²) >= 11 is 0. The van der Waals surface area contributed by atoms with Crippen LogP contribution in [0, 0.1) is 0 Å². The van der Waals surface area contributed by atoms with E-state index in [4.69, 9.17) is 9.47 Å². The van der Waals surface area contributed by atoms with E-state index in [1.165, 1.54) is 10.9 Å². The molecule has 2 aromatic rings. The molecule has 108 valence electrons. The molecule has 1 aliphatic rings. The highest BCUT2D eigenvalue weighted by Crippen LogP contribution is 2.28. The highest BCUT2D eigenvalue weighted by Gasteiger charge is 2.31. The van der Waals surface area contributed by atoms with E-state index in [1.54, 1.807) is 31.2 Å². The zero-order chi connectivity index (χ0) is 14.8. The lowest BCUT2D eigenvalue weighted by atomic mass is 10.0. The molecular weight excluding hydrogens is 274 g/mol. The monoisotopic (exact) mass is 287 g/mol. The van der Waals surface area contributed by atoms with E-state index in [0.717, 1.165) is 0 Å². The summed E-state index contributed by atoms with van der Waals surface area (Å²) in [5.41, 5.74) is 0.574. The first-order valence-corrected chi connectivity index (χ1v) is 6.55. The van der Waals surface area contributed by atoms with Gasteiger partial charge in [-0.2, -0.15) is 0 Å². The van der Waals surface area contributed by atoms with Crippen LogP contribution in [0.4, 0.5) is 0 Å². The van der Waals surface area contributed by atoms with Gasteiger partial charge in [0.2, 0.25) is 0 Å². The Bertz CT molecular complexity index is 695. The zero-order valence-electron chi connectivity index (χ0n) is 11.4. The third-order valence-electron chi connectivity index (χ3n) is 3.17. The van der Waals surface area contributed by atoms with Crippen LogP contribution in [0.15, 0.2) is 30.5 Å². The molecule has 0 radical (unpaired) electrons. The number of aromatic nitrogens is 3. The Morgan fingerprint density at radius 1 is 1.48 bits per heavy atom. The third kappa shape index (κ3) is 2.37. The van der Waals surface area contributed by atoms with Gasteiger partial charge in [-0.25, -0.2) is 9.48 Å². The Morgan fingerprint density at radius 3 is 3.10 bits per heavy atom. The number of hydrogen-bond donors (Lipinski definition) is 0. The van der Waals surface area contributed by atoms with Gasteiger partial charge in [-0.05, 0) is 19.1 Å². The molecule has 1 unspecified atom stereocenters. The Kier molecular flexibility index (Phi) is 3.39. The molecule has 0 bridgehead atoms. The normalized spacial score (nSPS) is 17.0. The fraction of sp³-hybridized carbons (Fsp3) is 0.286. The molecule has 7 heteroatoms. The second kappa shape index (κ2) is 5.35. The topological polar surface area (TPSA) is 83.3 Å². The van der Waals surface area contributed by atoms with Crippen molar-refractivity contribution in [3.8, 4) is 5.75 Å². The van der Waals surface area contributed by atoms with E-state index in [9.17, 15) is 9.59 Å². The molecular formula is C14H13N3O4. The SMILES string of the molecule is CCOC(=O)c1cn(C2COc3ccccc3C2=O)nn1. The summed E-state index contributed by atoms with van der Waals surface area (Å²) in [5, 5.41) is 7.56. The van der Waals surface area contributed by atoms with Crippen LogP contribution in [0.5, 0.6) is 5.75 Å². The minimum absolute atomic E-state index is 0.0727. The van der Waals surface area contributed by atoms with Gasteiger partial charge in [-0.1, -0.05) is 17.3 Å². The highest BCUT2D eigenvalue weighted by molar-refractivity contribution is 6.02. The molecule has 1 atom stereocenters. The predicted molar refractivity (Wildman–Crippen MR) is 71.3 cm³/mol. The number of carbonyl (C=O) groups excluding carboxylic acids is 2. The summed E-state index contributed by atoms with van der Waals surface area (Å²) in [6, 6.07) is 6.40. The summed E-state index contributed by atoms with van der Waals surface area (Å²) < 4.78 is 11.7. The van der Waals surface area contributed by atoms with Crippen LogP contribution in [-0.2, 0) is 4.74 Å². The van der Waals surface area contributed by atoms with Gasteiger partial charge in [0.1, 0.15) is 12.4 Å². The lowest BCUT2D eigenvalue weighted by molar-refractivity contribution is 0.0518. The molecule has 2 heterocycles. The predicted octanol–water partition coefficient (Wildman–Crippen LogP) is 1.27. The Labute approximate surface area is 120 Å². The molecule has 0 saturated carbocycles. The van der Waals surface area contributed by atoms with E-state index in [0.29, 0.717) is 11.3 Å². The summed E-state index contributed by atoms with van der Waals surface area (Å²) in [4.78, 5) is 24.0. The molecule has 0 N–H and O–H groups in total. The third-order valence-corrected chi connectivity index (χ3v) is 3.17. The van der Waals surface area contributed by atoms with Crippen molar-refractivity contribution in [2.45, 2.75) is 13.0 Å². The fourth-order valence-corrected chi connectivity index (χ4v) is 2.14. The van der Waals surface area contributed by atoms with Crippen molar-refractivity contribution < 1.29 is 19.1 Å². The number of benzene rings is 1. The van der Waals surface area contributed by atoms with Gasteiger partial charge in [0, 0.05) is 0 Å². The van der Waals surface area contributed by atoms with Gasteiger partial charge in [-0.3, -0.25) is 4.79 Å². The number of fused-ring (bicyclic) bond motifs is 1. The number of Topliss-reactive ketones (excluding diaryl/α,β-unsaturated/α-hetero) is 1. The lowest BCUT2D eigenvalue weighted by Crippen LogP contribution is -2.31. The summed E-state index contributed by atoms with van der Waals surface area (Å²) in [5.74, 6) is -0.116. The molecule has 7 nitrogen and oxygen atoms in total. The van der Waals surface area contributed by atoms with Gasteiger partial charge < -0.3 is 9.47 Å². The van der Waals surface area contributed by atoms with Crippen molar-refractivity contribution in [3.63, 3.8) is 0 Å². The van der Waals surface area contributed by atoms with Crippen molar-refractivity contribution in [1.82, 2.24) is 15.0 Å². The standard InChI is InChI=1S/C14H13N3O4/c1-2-20-14(19)10-7-17(16-15-10)11-8-21-12-6-4-3-5-9(12)13(11)18/h3-7,11H,2,8H2,1H3. The summed E-state index contributed by atoms with van der Waals surface area (Å²) in [6.07, 6.45) is 1.40. The minimum atomic E-state index is -0.629. The average molecular weight is 287 g/mol. The number of ketones is 1. The molecule has 0 spiro atoms. The van der Waals surface area contributed by atoms with Crippen molar-refractivity contribution >= 4 is 11.8 Å². The maximum Gasteiger partial charge on any atom is 0.360 e. The lowest BCUT2D eigenvalue weighted by Gasteiger charge is -2.23. The van der Waals surface area contributed by atoms with Crippen LogP contribution in [0.25, 0.3) is 0 Å². The van der Waals surface area contributed by atoms with E-state index >= 15 is 0 Å². The van der Waals surface area contributed by atoms with Gasteiger partial charge >= 0.3 is 5.97 Å². The number of hydrogen-bond acceptors (Lipinski definition) is 6. The van der Waals surface area contributed by atoms with Crippen LogP contribution in [0.2, 0.25) is 0 Å². The highest BCUT2D eigenvalue weighted by atomic mass is 16.5. The van der Waals surface area contributed by atoms with Crippen LogP contribution >= 0.6 is 0 Å². The van der Waals surface area contributed by atoms with Gasteiger partial charge in [0.25, 0.3) is 0 Å². The van der Waals surface area contributed by atoms with Crippen LogP contribution in [0.3, 0.4) is 0 Å². The molecule has 1 aliphatic heterocycles. The maximum absolute atomic E-state index is 12.4. The summed E-state index contributed by atoms with van der Waals surface area (Å²) in [7, 11) is 0. The number of carbonyl (C=O) groups is 2. The first-order valence-electron chi connectivity index (χ1n) is 6.55. The molecule has 0 amide bonds. The number of para-hydroxylation sites is 1. The van der Waals surface area contributed by atoms with E-state index in [1.807, 2.05) is 0 Å². The fourth-order valence-electron chi connectivity index (χ4n) is 2.14. The minimum Gasteiger partial charge on any atom is -0.490 e. The second-order valence-corrected chi connectivity index (χ2v) is 4.49. The number of nitrogens with zero attached hydrogens (tertiary/aromatic N) is 3. The van der Waals surface area contributed by atoms with E-state index in [-0.39, 0.29) is 24.7 Å². The summed E-state index contributed by atoms with van der Waals surface area (Å²) in [6.45, 7) is 2.11. The van der Waals surface area contributed by atoms with Gasteiger partial charge in [0.15, 0.2) is 17.5 Å². The number of rotatable bonds is 3. The Morgan fingerprint density at radius 2 is 2.29 bits per heavy atom. The maximum atomic E-state index is 12.4. The Balaban J connectivity index is 1.86. The number of esters is 1. The Hall–Kier alpha value is -2.70. The second-order valence-electron chi connectivity index (χ2n) is 4.49. The van der Waals surface area contributed by atoms with Crippen LogP contribution in [0.1, 0.15) is 33.8 Å². The van der Waals surface area contributed by atoms with E-state index < -0.39 is 12.0 Å². The quantitative estimate of drug-likeness (QED) is 0.790. The van der Waals surface area contributed by atoms with Gasteiger partial charge in [0.05, 0.1) is 18.4 Å². The van der Waals surface area contributed by atoms with Crippen molar-refractivity contribution in [2.75, 3.05) is 13.2 Å². The van der Waals surface area contributed by atoms with Crippen molar-refractivity contribution in [3.05, 3.63) is 41.7 Å². The average Bonchev–Trinajstić information content (AvgIpc) is 2.98. The molecule has 0 fully saturated rings. The van der Waals surface area contributed by atoms with E-state index in [2.05, 4.69) is 10.3 Å². The zero-order valence-corrected chi connectivity index (χ0v) is 11.4. The molecule has 21 heavy (non-hydrogen) atoms. The smallest absolute Gasteiger partial charge is 0.360 e. The molecule has 3 rings (SSSR count). The van der Waals surface area contributed by atoms with Crippen LogP contribution in [-0.4, -0.2) is 40.0 Å². The molecule has 1 aromatic carbocycles. The van der Waals surface area contributed by atoms with Gasteiger partial charge in [-0.15, -0.1) is 5.10 Å². The molecule has 0 aliphatic carbocycles. The largest absolute Gasteiger partial charge is 0.490 e. The molecule has 1 aromatic heterocycles. The van der Waals surface area contributed by atoms with Crippen molar-refractivity contribution in [2.24, 2.45) is 0 Å². The first-order chi connectivity index (χ1) is 10.2. The van der Waals surface area contributed by atoms with Crippen molar-refractivity contribution in [1.29, 1.82) is 0 Å². The first kappa shape index (κ1) is 13.3. The van der Waals surface area contributed by atoms with Crippen LogP contribution < -0.4 is 4.74 Å². The molecule has 0 saturated heterocycles. The number of ether oxygens (including phenoxy) is 2.